The molecule has 0 atom stereocenters. The lowest BCUT2D eigenvalue weighted by atomic mass is 10.1. The zero-order valence-corrected chi connectivity index (χ0v) is 12.9. The molecule has 20 heavy (non-hydrogen) atoms. The number of carbonyl (C=O) groups is 1. The second kappa shape index (κ2) is 7.10. The summed E-state index contributed by atoms with van der Waals surface area (Å²) in [6, 6.07) is 15.1. The van der Waals surface area contributed by atoms with E-state index in [4.69, 9.17) is 0 Å². The number of halogens is 1. The average molecular weight is 333 g/mol. The molecule has 0 saturated carbocycles. The van der Waals surface area contributed by atoms with Gasteiger partial charge in [-0.1, -0.05) is 35.0 Å². The van der Waals surface area contributed by atoms with E-state index < -0.39 is 0 Å². The maximum Gasteiger partial charge on any atom is 0.257 e. The molecule has 2 aromatic rings. The first-order valence-corrected chi connectivity index (χ1v) is 7.40. The van der Waals surface area contributed by atoms with Gasteiger partial charge in [0.25, 0.3) is 5.91 Å². The van der Waals surface area contributed by atoms with Crippen molar-refractivity contribution in [3.05, 3.63) is 58.6 Å². The van der Waals surface area contributed by atoms with E-state index in [0.29, 0.717) is 5.56 Å². The third-order valence-electron chi connectivity index (χ3n) is 2.84. The summed E-state index contributed by atoms with van der Waals surface area (Å²) in [6.45, 7) is 2.94. The molecule has 3 nitrogen and oxygen atoms in total. The zero-order valence-electron chi connectivity index (χ0n) is 11.3. The van der Waals surface area contributed by atoms with E-state index in [-0.39, 0.29) is 5.91 Å². The summed E-state index contributed by atoms with van der Waals surface area (Å²) in [7, 11) is 0. The number of benzene rings is 2. The van der Waals surface area contributed by atoms with Crippen LogP contribution in [-0.2, 0) is 0 Å². The van der Waals surface area contributed by atoms with Gasteiger partial charge in [-0.15, -0.1) is 0 Å². The quantitative estimate of drug-likeness (QED) is 0.844. The SMILES string of the molecule is CCCNc1ccccc1C(=O)Nc1ccc(Br)cc1. The molecule has 0 aliphatic heterocycles. The van der Waals surface area contributed by atoms with Crippen molar-refractivity contribution >= 4 is 33.2 Å². The van der Waals surface area contributed by atoms with Crippen molar-refractivity contribution in [2.45, 2.75) is 13.3 Å². The Morgan fingerprint density at radius 1 is 1.10 bits per heavy atom. The van der Waals surface area contributed by atoms with Crippen molar-refractivity contribution in [1.82, 2.24) is 0 Å². The van der Waals surface area contributed by atoms with E-state index >= 15 is 0 Å². The Bertz CT molecular complexity index is 581. The van der Waals surface area contributed by atoms with Gasteiger partial charge in [0.05, 0.1) is 5.56 Å². The van der Waals surface area contributed by atoms with Crippen molar-refractivity contribution in [3.63, 3.8) is 0 Å². The summed E-state index contributed by atoms with van der Waals surface area (Å²) in [5.74, 6) is -0.105. The van der Waals surface area contributed by atoms with Gasteiger partial charge in [0.2, 0.25) is 0 Å². The fourth-order valence-corrected chi connectivity index (χ4v) is 2.09. The van der Waals surface area contributed by atoms with Crippen LogP contribution in [0.4, 0.5) is 11.4 Å². The molecule has 104 valence electrons. The van der Waals surface area contributed by atoms with Crippen molar-refractivity contribution < 1.29 is 4.79 Å². The van der Waals surface area contributed by atoms with Gasteiger partial charge in [-0.3, -0.25) is 4.79 Å². The molecular weight excluding hydrogens is 316 g/mol. The molecule has 0 aromatic heterocycles. The highest BCUT2D eigenvalue weighted by Gasteiger charge is 2.10. The Hall–Kier alpha value is -1.81. The fraction of sp³-hybridized carbons (Fsp3) is 0.188. The van der Waals surface area contributed by atoms with Crippen LogP contribution in [0.5, 0.6) is 0 Å². The van der Waals surface area contributed by atoms with E-state index in [1.165, 1.54) is 0 Å². The lowest BCUT2D eigenvalue weighted by molar-refractivity contribution is 0.102. The minimum absolute atomic E-state index is 0.105. The maximum absolute atomic E-state index is 12.3. The molecule has 0 bridgehead atoms. The summed E-state index contributed by atoms with van der Waals surface area (Å²) in [6.07, 6.45) is 1.02. The fourth-order valence-electron chi connectivity index (χ4n) is 1.83. The predicted octanol–water partition coefficient (Wildman–Crippen LogP) is 4.52. The van der Waals surface area contributed by atoms with Crippen molar-refractivity contribution in [2.24, 2.45) is 0 Å². The van der Waals surface area contributed by atoms with Crippen LogP contribution in [0, 0.1) is 0 Å². The van der Waals surface area contributed by atoms with Gasteiger partial charge in [0.15, 0.2) is 0 Å². The predicted molar refractivity (Wildman–Crippen MR) is 87.3 cm³/mol. The Morgan fingerprint density at radius 2 is 1.80 bits per heavy atom. The largest absolute Gasteiger partial charge is 0.384 e. The van der Waals surface area contributed by atoms with Gasteiger partial charge < -0.3 is 10.6 Å². The topological polar surface area (TPSA) is 41.1 Å². The third kappa shape index (κ3) is 3.84. The Balaban J connectivity index is 2.14. The molecule has 0 radical (unpaired) electrons. The van der Waals surface area contributed by atoms with Crippen molar-refractivity contribution in [2.75, 3.05) is 17.2 Å². The van der Waals surface area contributed by atoms with Crippen LogP contribution >= 0.6 is 15.9 Å². The van der Waals surface area contributed by atoms with Crippen LogP contribution in [0.25, 0.3) is 0 Å². The van der Waals surface area contributed by atoms with E-state index in [9.17, 15) is 4.79 Å². The number of hydrogen-bond acceptors (Lipinski definition) is 2. The zero-order chi connectivity index (χ0) is 14.4. The number of para-hydroxylation sites is 1. The molecule has 0 fully saturated rings. The highest BCUT2D eigenvalue weighted by Crippen LogP contribution is 2.19. The molecule has 0 spiro atoms. The molecule has 1 amide bonds. The monoisotopic (exact) mass is 332 g/mol. The number of hydrogen-bond donors (Lipinski definition) is 2. The number of carbonyl (C=O) groups excluding carboxylic acids is 1. The van der Waals surface area contributed by atoms with E-state index in [1.54, 1.807) is 0 Å². The standard InChI is InChI=1S/C16H17BrN2O/c1-2-11-18-15-6-4-3-5-14(15)16(20)19-13-9-7-12(17)8-10-13/h3-10,18H,2,11H2,1H3,(H,19,20). The summed E-state index contributed by atoms with van der Waals surface area (Å²) in [5, 5.41) is 6.17. The van der Waals surface area contributed by atoms with Gasteiger partial charge in [0, 0.05) is 22.4 Å². The van der Waals surface area contributed by atoms with E-state index in [1.807, 2.05) is 48.5 Å². The molecule has 0 heterocycles. The first kappa shape index (κ1) is 14.6. The van der Waals surface area contributed by atoms with E-state index in [2.05, 4.69) is 33.5 Å². The van der Waals surface area contributed by atoms with Crippen LogP contribution in [-0.4, -0.2) is 12.5 Å². The second-order valence-electron chi connectivity index (χ2n) is 4.43. The Kier molecular flexibility index (Phi) is 5.18. The highest BCUT2D eigenvalue weighted by molar-refractivity contribution is 9.10. The summed E-state index contributed by atoms with van der Waals surface area (Å²) in [4.78, 5) is 12.3. The van der Waals surface area contributed by atoms with E-state index in [0.717, 1.165) is 28.8 Å². The van der Waals surface area contributed by atoms with Gasteiger partial charge in [0.1, 0.15) is 0 Å². The van der Waals surface area contributed by atoms with Gasteiger partial charge in [-0.05, 0) is 42.8 Å². The Labute approximate surface area is 127 Å². The lowest BCUT2D eigenvalue weighted by Gasteiger charge is -2.11. The number of anilines is 2. The summed E-state index contributed by atoms with van der Waals surface area (Å²) >= 11 is 3.37. The highest BCUT2D eigenvalue weighted by atomic mass is 79.9. The smallest absolute Gasteiger partial charge is 0.257 e. The van der Waals surface area contributed by atoms with Crippen LogP contribution in [0.1, 0.15) is 23.7 Å². The first-order chi connectivity index (χ1) is 9.70. The second-order valence-corrected chi connectivity index (χ2v) is 5.35. The molecule has 0 aliphatic carbocycles. The minimum Gasteiger partial charge on any atom is -0.384 e. The molecule has 2 aromatic carbocycles. The van der Waals surface area contributed by atoms with Crippen LogP contribution in [0.3, 0.4) is 0 Å². The van der Waals surface area contributed by atoms with Crippen LogP contribution < -0.4 is 10.6 Å². The maximum atomic E-state index is 12.3. The lowest BCUT2D eigenvalue weighted by Crippen LogP contribution is -2.15. The Morgan fingerprint density at radius 3 is 2.50 bits per heavy atom. The summed E-state index contributed by atoms with van der Waals surface area (Å²) < 4.78 is 0.987. The number of rotatable bonds is 5. The molecule has 4 heteroatoms. The first-order valence-electron chi connectivity index (χ1n) is 6.60. The minimum atomic E-state index is -0.105. The third-order valence-corrected chi connectivity index (χ3v) is 3.37. The molecule has 0 aliphatic rings. The average Bonchev–Trinajstić information content (AvgIpc) is 2.47. The van der Waals surface area contributed by atoms with Crippen molar-refractivity contribution in [1.29, 1.82) is 0 Å². The molecule has 0 saturated heterocycles. The molecule has 2 rings (SSSR count). The van der Waals surface area contributed by atoms with Crippen molar-refractivity contribution in [3.8, 4) is 0 Å². The molecule has 0 unspecified atom stereocenters. The van der Waals surface area contributed by atoms with Gasteiger partial charge in [-0.2, -0.15) is 0 Å². The normalized spacial score (nSPS) is 10.1. The van der Waals surface area contributed by atoms with Gasteiger partial charge >= 0.3 is 0 Å². The number of amides is 1. The molecule has 2 N–H and O–H groups in total. The van der Waals surface area contributed by atoms with Crippen LogP contribution in [0.2, 0.25) is 0 Å². The summed E-state index contributed by atoms with van der Waals surface area (Å²) in [5.41, 5.74) is 2.30. The van der Waals surface area contributed by atoms with Gasteiger partial charge in [-0.25, -0.2) is 0 Å². The van der Waals surface area contributed by atoms with Crippen LogP contribution in [0.15, 0.2) is 53.0 Å². The molecular formula is C16H17BrN2O. The number of nitrogens with one attached hydrogen (secondary N) is 2.